The van der Waals surface area contributed by atoms with Crippen LogP contribution in [-0.4, -0.2) is 14.8 Å². The second-order valence-electron chi connectivity index (χ2n) is 6.07. The lowest BCUT2D eigenvalue weighted by atomic mass is 10.1. The van der Waals surface area contributed by atoms with E-state index in [1.165, 1.54) is 41.7 Å². The Morgan fingerprint density at radius 2 is 1.67 bits per heavy atom. The highest BCUT2D eigenvalue weighted by atomic mass is 19.4. The smallest absolute Gasteiger partial charge is 0.397 e. The second-order valence-corrected chi connectivity index (χ2v) is 6.07. The van der Waals surface area contributed by atoms with Gasteiger partial charge in [0.15, 0.2) is 5.69 Å². The molecule has 0 fully saturated rings. The van der Waals surface area contributed by atoms with E-state index >= 15 is 0 Å². The van der Waals surface area contributed by atoms with Crippen LogP contribution in [0.2, 0.25) is 0 Å². The van der Waals surface area contributed by atoms with Crippen LogP contribution in [0.5, 0.6) is 0 Å². The quantitative estimate of drug-likeness (QED) is 0.374. The maximum Gasteiger partial charge on any atom is 0.435 e. The summed E-state index contributed by atoms with van der Waals surface area (Å²) in [5, 5.41) is 4.27. The van der Waals surface area contributed by atoms with Gasteiger partial charge in [-0.15, -0.1) is 0 Å². The minimum Gasteiger partial charge on any atom is -0.397 e. The topological polar surface area (TPSA) is 86.0 Å². The van der Waals surface area contributed by atoms with Crippen LogP contribution in [0.3, 0.4) is 0 Å². The molecule has 0 amide bonds. The number of nitrogens with two attached hydrogens (primary N) is 2. The average molecular weight is 428 g/mol. The Bertz CT molecular complexity index is 1040. The summed E-state index contributed by atoms with van der Waals surface area (Å²) < 4.78 is 78.2. The predicted molar refractivity (Wildman–Crippen MR) is 96.6 cm³/mol. The Morgan fingerprint density at radius 1 is 1.00 bits per heavy atom. The molecule has 158 valence electrons. The van der Waals surface area contributed by atoms with Crippen LogP contribution in [-0.2, 0) is 12.4 Å². The number of aromatic nitrogens is 3. The lowest BCUT2D eigenvalue weighted by Crippen LogP contribution is -2.25. The van der Waals surface area contributed by atoms with E-state index in [4.69, 9.17) is 11.6 Å². The van der Waals surface area contributed by atoms with Gasteiger partial charge in [0.2, 0.25) is 0 Å². The lowest BCUT2D eigenvalue weighted by Gasteiger charge is -2.15. The summed E-state index contributed by atoms with van der Waals surface area (Å²) in [4.78, 5) is 3.90. The molecule has 6 nitrogen and oxygen atoms in total. The first kappa shape index (κ1) is 21.2. The van der Waals surface area contributed by atoms with Gasteiger partial charge >= 0.3 is 12.4 Å². The molecule has 30 heavy (non-hydrogen) atoms. The molecule has 3 aromatic rings. The van der Waals surface area contributed by atoms with Crippen LogP contribution in [0.25, 0.3) is 11.4 Å². The zero-order valence-corrected chi connectivity index (χ0v) is 15.0. The molecular formula is C18H14F6N6. The zero-order valence-electron chi connectivity index (χ0n) is 15.0. The van der Waals surface area contributed by atoms with Crippen molar-refractivity contribution in [1.82, 2.24) is 14.8 Å². The summed E-state index contributed by atoms with van der Waals surface area (Å²) >= 11 is 0. The number of anilines is 1. The van der Waals surface area contributed by atoms with Crippen LogP contribution < -0.4 is 16.6 Å². The molecule has 0 bridgehead atoms. The third-order valence-corrected chi connectivity index (χ3v) is 3.96. The molecule has 3 rings (SSSR count). The lowest BCUT2D eigenvalue weighted by molar-refractivity contribution is -0.143. The summed E-state index contributed by atoms with van der Waals surface area (Å²) in [5.41, 5.74) is 3.63. The fourth-order valence-corrected chi connectivity index (χ4v) is 2.52. The highest BCUT2D eigenvalue weighted by Crippen LogP contribution is 2.36. The summed E-state index contributed by atoms with van der Waals surface area (Å²) in [7, 11) is 0. The van der Waals surface area contributed by atoms with Crippen molar-refractivity contribution in [3.8, 4) is 5.69 Å². The van der Waals surface area contributed by atoms with E-state index in [0.29, 0.717) is 11.3 Å². The Morgan fingerprint density at radius 3 is 2.20 bits per heavy atom. The molecule has 0 saturated carbocycles. The maximum atomic E-state index is 13.2. The Hall–Kier alpha value is -3.54. The van der Waals surface area contributed by atoms with E-state index in [1.807, 2.05) is 0 Å². The van der Waals surface area contributed by atoms with Crippen LogP contribution in [0.15, 0.2) is 61.1 Å². The third-order valence-electron chi connectivity index (χ3n) is 3.96. The SMILES string of the molecule is N/C(=C\N(N)c1cccnc1)c1ccc(-n2nc(C(F)(F)F)cc2C(F)(F)F)cc1. The van der Waals surface area contributed by atoms with E-state index < -0.39 is 23.7 Å². The van der Waals surface area contributed by atoms with Crippen LogP contribution in [0.4, 0.5) is 32.0 Å². The molecule has 0 saturated heterocycles. The molecule has 0 unspecified atom stereocenters. The van der Waals surface area contributed by atoms with Crippen molar-refractivity contribution in [2.75, 3.05) is 5.01 Å². The van der Waals surface area contributed by atoms with Gasteiger partial charge in [0, 0.05) is 18.5 Å². The minimum atomic E-state index is -5.03. The molecule has 1 aromatic carbocycles. The number of alkyl halides is 6. The number of hydrogen-bond donors (Lipinski definition) is 2. The number of halogens is 6. The summed E-state index contributed by atoms with van der Waals surface area (Å²) in [6.07, 6.45) is -5.64. The first-order chi connectivity index (χ1) is 14.0. The van der Waals surface area contributed by atoms with Crippen molar-refractivity contribution in [3.63, 3.8) is 0 Å². The molecule has 0 aliphatic carbocycles. The van der Waals surface area contributed by atoms with Gasteiger partial charge in [0.05, 0.1) is 23.3 Å². The van der Waals surface area contributed by atoms with Gasteiger partial charge in [0.25, 0.3) is 0 Å². The molecule has 0 spiro atoms. The summed E-state index contributed by atoms with van der Waals surface area (Å²) in [6, 6.07) is 8.32. The number of pyridine rings is 1. The van der Waals surface area contributed by atoms with Crippen LogP contribution in [0, 0.1) is 0 Å². The first-order valence-corrected chi connectivity index (χ1v) is 8.23. The standard InChI is InChI=1S/C18H14F6N6/c19-17(20,21)15-8-16(18(22,23)24)30(28-15)12-5-3-11(4-6-12)14(25)10-29(26)13-2-1-7-27-9-13/h1-10H,25-26H2/b14-10-. The average Bonchev–Trinajstić information content (AvgIpc) is 3.15. The van der Waals surface area contributed by atoms with Crippen molar-refractivity contribution in [2.24, 2.45) is 11.6 Å². The molecule has 2 aromatic heterocycles. The first-order valence-electron chi connectivity index (χ1n) is 8.23. The monoisotopic (exact) mass is 428 g/mol. The van der Waals surface area contributed by atoms with Gasteiger partial charge in [-0.25, -0.2) is 10.5 Å². The van der Waals surface area contributed by atoms with Gasteiger partial charge in [-0.1, -0.05) is 12.1 Å². The highest BCUT2D eigenvalue weighted by molar-refractivity contribution is 5.66. The van der Waals surface area contributed by atoms with Crippen molar-refractivity contribution in [2.45, 2.75) is 12.4 Å². The van der Waals surface area contributed by atoms with E-state index in [-0.39, 0.29) is 22.1 Å². The zero-order chi connectivity index (χ0) is 22.1. The Balaban J connectivity index is 1.92. The molecule has 0 aliphatic rings. The van der Waals surface area contributed by atoms with Crippen molar-refractivity contribution in [3.05, 3.63) is 78.0 Å². The molecule has 4 N–H and O–H groups in total. The number of nitrogens with zero attached hydrogens (tertiary/aromatic N) is 4. The predicted octanol–water partition coefficient (Wildman–Crippen LogP) is 3.94. The normalized spacial score (nSPS) is 12.8. The van der Waals surface area contributed by atoms with Crippen LogP contribution in [0.1, 0.15) is 17.0 Å². The molecule has 0 atom stereocenters. The van der Waals surface area contributed by atoms with Gasteiger partial charge < -0.3 is 5.73 Å². The third kappa shape index (κ3) is 4.54. The number of rotatable bonds is 4. The Kier molecular flexibility index (Phi) is 5.44. The highest BCUT2D eigenvalue weighted by Gasteiger charge is 2.42. The number of hydrogen-bond acceptors (Lipinski definition) is 5. The van der Waals surface area contributed by atoms with Crippen molar-refractivity contribution >= 4 is 11.4 Å². The van der Waals surface area contributed by atoms with Crippen molar-refractivity contribution in [1.29, 1.82) is 0 Å². The van der Waals surface area contributed by atoms with E-state index in [0.717, 1.165) is 0 Å². The summed E-state index contributed by atoms with van der Waals surface area (Å²) in [5.74, 6) is 5.86. The molecule has 12 heteroatoms. The molecule has 0 radical (unpaired) electrons. The maximum absolute atomic E-state index is 13.2. The van der Waals surface area contributed by atoms with E-state index in [1.54, 1.807) is 18.3 Å². The van der Waals surface area contributed by atoms with E-state index in [2.05, 4.69) is 10.1 Å². The van der Waals surface area contributed by atoms with Gasteiger partial charge in [-0.2, -0.15) is 31.4 Å². The number of hydrazine groups is 1. The summed E-state index contributed by atoms with van der Waals surface area (Å²) in [6.45, 7) is 0. The molecule has 0 aliphatic heterocycles. The Labute approximate surface area is 166 Å². The fraction of sp³-hybridized carbons (Fsp3) is 0.111. The van der Waals surface area contributed by atoms with Crippen molar-refractivity contribution < 1.29 is 26.3 Å². The van der Waals surface area contributed by atoms with Crippen LogP contribution >= 0.6 is 0 Å². The molecule has 2 heterocycles. The largest absolute Gasteiger partial charge is 0.435 e. The van der Waals surface area contributed by atoms with Gasteiger partial charge in [-0.05, 0) is 29.8 Å². The minimum absolute atomic E-state index is 0.0393. The van der Waals surface area contributed by atoms with Gasteiger partial charge in [-0.3, -0.25) is 9.99 Å². The fourth-order valence-electron chi connectivity index (χ4n) is 2.52. The number of benzene rings is 1. The second kappa shape index (κ2) is 7.71. The van der Waals surface area contributed by atoms with E-state index in [9.17, 15) is 26.3 Å². The van der Waals surface area contributed by atoms with Gasteiger partial charge in [0.1, 0.15) is 5.69 Å². The molecular weight excluding hydrogens is 414 g/mol.